The SMILES string of the molecule is CCOC(=O)C(=O)C(Cc1ccccc1)c1ccc(Cl)cc1. The van der Waals surface area contributed by atoms with E-state index in [0.717, 1.165) is 11.1 Å². The number of benzene rings is 2. The molecule has 0 radical (unpaired) electrons. The van der Waals surface area contributed by atoms with Gasteiger partial charge in [-0.05, 0) is 36.6 Å². The Balaban J connectivity index is 2.29. The number of esters is 1. The van der Waals surface area contributed by atoms with E-state index in [9.17, 15) is 9.59 Å². The molecule has 0 fully saturated rings. The highest BCUT2D eigenvalue weighted by atomic mass is 35.5. The first kappa shape index (κ1) is 16.2. The molecule has 0 saturated heterocycles. The van der Waals surface area contributed by atoms with Gasteiger partial charge in [-0.2, -0.15) is 0 Å². The summed E-state index contributed by atoms with van der Waals surface area (Å²) in [5, 5.41) is 0.589. The van der Waals surface area contributed by atoms with Crippen molar-refractivity contribution in [1.82, 2.24) is 0 Å². The molecule has 0 spiro atoms. The fourth-order valence-electron chi connectivity index (χ4n) is 2.25. The number of ketones is 1. The number of carbonyl (C=O) groups excluding carboxylic acids is 2. The maximum absolute atomic E-state index is 12.4. The largest absolute Gasteiger partial charge is 0.460 e. The third kappa shape index (κ3) is 4.18. The van der Waals surface area contributed by atoms with Gasteiger partial charge in [-0.1, -0.05) is 54.1 Å². The summed E-state index contributed by atoms with van der Waals surface area (Å²) in [5.41, 5.74) is 1.74. The predicted octanol–water partition coefficient (Wildman–Crippen LogP) is 3.80. The number of hydrogen-bond acceptors (Lipinski definition) is 3. The quantitative estimate of drug-likeness (QED) is 0.601. The zero-order valence-electron chi connectivity index (χ0n) is 12.3. The van der Waals surface area contributed by atoms with E-state index in [2.05, 4.69) is 0 Å². The van der Waals surface area contributed by atoms with Gasteiger partial charge in [0.1, 0.15) is 0 Å². The number of carbonyl (C=O) groups is 2. The standard InChI is InChI=1S/C18H17ClO3/c1-2-22-18(21)17(20)16(12-13-6-4-3-5-7-13)14-8-10-15(19)11-9-14/h3-11,16H,2,12H2,1H3. The third-order valence-corrected chi connectivity index (χ3v) is 3.60. The van der Waals surface area contributed by atoms with Gasteiger partial charge in [-0.25, -0.2) is 4.79 Å². The Morgan fingerprint density at radius 2 is 1.68 bits per heavy atom. The van der Waals surface area contributed by atoms with Crippen LogP contribution in [0.5, 0.6) is 0 Å². The van der Waals surface area contributed by atoms with Gasteiger partial charge in [0.2, 0.25) is 5.78 Å². The van der Waals surface area contributed by atoms with E-state index < -0.39 is 17.7 Å². The van der Waals surface area contributed by atoms with Crippen molar-refractivity contribution < 1.29 is 14.3 Å². The molecule has 0 heterocycles. The van der Waals surface area contributed by atoms with Crippen LogP contribution in [0.2, 0.25) is 5.02 Å². The lowest BCUT2D eigenvalue weighted by Gasteiger charge is -2.15. The molecule has 0 saturated carbocycles. The minimum atomic E-state index is -0.793. The molecule has 1 atom stereocenters. The van der Waals surface area contributed by atoms with Crippen LogP contribution in [0, 0.1) is 0 Å². The lowest BCUT2D eigenvalue weighted by atomic mass is 9.88. The molecule has 0 bridgehead atoms. The van der Waals surface area contributed by atoms with Gasteiger partial charge in [0.25, 0.3) is 0 Å². The van der Waals surface area contributed by atoms with E-state index in [1.54, 1.807) is 31.2 Å². The van der Waals surface area contributed by atoms with Crippen LogP contribution >= 0.6 is 11.6 Å². The Labute approximate surface area is 134 Å². The molecular formula is C18H17ClO3. The molecule has 22 heavy (non-hydrogen) atoms. The number of hydrogen-bond donors (Lipinski definition) is 0. The predicted molar refractivity (Wildman–Crippen MR) is 86.0 cm³/mol. The molecule has 114 valence electrons. The number of halogens is 1. The summed E-state index contributed by atoms with van der Waals surface area (Å²) in [5.74, 6) is -1.90. The molecule has 4 heteroatoms. The lowest BCUT2D eigenvalue weighted by Crippen LogP contribution is -2.26. The first-order valence-electron chi connectivity index (χ1n) is 7.12. The second-order valence-corrected chi connectivity index (χ2v) is 5.32. The van der Waals surface area contributed by atoms with Crippen molar-refractivity contribution in [2.45, 2.75) is 19.3 Å². The van der Waals surface area contributed by atoms with Gasteiger partial charge in [-0.3, -0.25) is 4.79 Å². The van der Waals surface area contributed by atoms with E-state index in [4.69, 9.17) is 16.3 Å². The van der Waals surface area contributed by atoms with Gasteiger partial charge < -0.3 is 4.74 Å². The van der Waals surface area contributed by atoms with Crippen LogP contribution in [0.15, 0.2) is 54.6 Å². The van der Waals surface area contributed by atoms with Crippen molar-refractivity contribution in [2.24, 2.45) is 0 Å². The van der Waals surface area contributed by atoms with Gasteiger partial charge in [0, 0.05) is 5.02 Å². The fourth-order valence-corrected chi connectivity index (χ4v) is 2.38. The molecule has 1 unspecified atom stereocenters. The van der Waals surface area contributed by atoms with Crippen molar-refractivity contribution in [3.63, 3.8) is 0 Å². The van der Waals surface area contributed by atoms with E-state index in [1.807, 2.05) is 30.3 Å². The first-order valence-corrected chi connectivity index (χ1v) is 7.50. The highest BCUT2D eigenvalue weighted by molar-refractivity contribution is 6.36. The first-order chi connectivity index (χ1) is 10.6. The molecule has 3 nitrogen and oxygen atoms in total. The monoisotopic (exact) mass is 316 g/mol. The maximum Gasteiger partial charge on any atom is 0.375 e. The topological polar surface area (TPSA) is 43.4 Å². The van der Waals surface area contributed by atoms with Crippen molar-refractivity contribution in [2.75, 3.05) is 6.61 Å². The lowest BCUT2D eigenvalue weighted by molar-refractivity contribution is -0.154. The highest BCUT2D eigenvalue weighted by Crippen LogP contribution is 2.24. The second-order valence-electron chi connectivity index (χ2n) is 4.88. The second kappa shape index (κ2) is 7.76. The number of rotatable bonds is 6. The van der Waals surface area contributed by atoms with E-state index in [0.29, 0.717) is 11.4 Å². The Bertz CT molecular complexity index is 635. The zero-order chi connectivity index (χ0) is 15.9. The van der Waals surface area contributed by atoms with E-state index >= 15 is 0 Å². The minimum absolute atomic E-state index is 0.184. The third-order valence-electron chi connectivity index (χ3n) is 3.35. The van der Waals surface area contributed by atoms with E-state index in [1.165, 1.54) is 0 Å². The molecule has 2 aromatic rings. The summed E-state index contributed by atoms with van der Waals surface area (Å²) in [7, 11) is 0. The molecule has 2 rings (SSSR count). The smallest absolute Gasteiger partial charge is 0.375 e. The summed E-state index contributed by atoms with van der Waals surface area (Å²) >= 11 is 5.89. The van der Waals surface area contributed by atoms with Crippen LogP contribution in [-0.2, 0) is 20.7 Å². The minimum Gasteiger partial charge on any atom is -0.460 e. The Morgan fingerprint density at radius 3 is 2.27 bits per heavy atom. The van der Waals surface area contributed by atoms with Gasteiger partial charge in [0.05, 0.1) is 12.5 Å². The van der Waals surface area contributed by atoms with Gasteiger partial charge in [-0.15, -0.1) is 0 Å². The van der Waals surface area contributed by atoms with Crippen LogP contribution in [-0.4, -0.2) is 18.4 Å². The van der Waals surface area contributed by atoms with Crippen LogP contribution in [0.4, 0.5) is 0 Å². The average molecular weight is 317 g/mol. The summed E-state index contributed by atoms with van der Waals surface area (Å²) in [6.45, 7) is 1.86. The van der Waals surface area contributed by atoms with Crippen molar-refractivity contribution in [3.8, 4) is 0 Å². The van der Waals surface area contributed by atoms with Crippen LogP contribution in [0.1, 0.15) is 24.0 Å². The molecule has 0 aliphatic carbocycles. The molecule has 0 N–H and O–H groups in total. The summed E-state index contributed by atoms with van der Waals surface area (Å²) in [4.78, 5) is 24.2. The van der Waals surface area contributed by atoms with Gasteiger partial charge in [0.15, 0.2) is 0 Å². The molecule has 0 aromatic heterocycles. The molecule has 2 aromatic carbocycles. The average Bonchev–Trinajstić information content (AvgIpc) is 2.54. The highest BCUT2D eigenvalue weighted by Gasteiger charge is 2.28. The number of ether oxygens (including phenoxy) is 1. The number of Topliss-reactive ketones (excluding diaryl/α,β-unsaturated/α-hetero) is 1. The Kier molecular flexibility index (Phi) is 5.73. The zero-order valence-corrected chi connectivity index (χ0v) is 13.0. The summed E-state index contributed by atoms with van der Waals surface area (Å²) < 4.78 is 4.85. The summed E-state index contributed by atoms with van der Waals surface area (Å²) in [6, 6.07) is 16.6. The normalized spacial score (nSPS) is 11.7. The van der Waals surface area contributed by atoms with Crippen molar-refractivity contribution >= 4 is 23.4 Å². The van der Waals surface area contributed by atoms with Crippen molar-refractivity contribution in [1.29, 1.82) is 0 Å². The van der Waals surface area contributed by atoms with Gasteiger partial charge >= 0.3 is 5.97 Å². The van der Waals surface area contributed by atoms with Crippen LogP contribution in [0.3, 0.4) is 0 Å². The van der Waals surface area contributed by atoms with Crippen LogP contribution in [0.25, 0.3) is 0 Å². The summed E-state index contributed by atoms with van der Waals surface area (Å²) in [6.07, 6.45) is 0.445. The van der Waals surface area contributed by atoms with E-state index in [-0.39, 0.29) is 6.61 Å². The van der Waals surface area contributed by atoms with Crippen molar-refractivity contribution in [3.05, 3.63) is 70.7 Å². The fraction of sp³-hybridized carbons (Fsp3) is 0.222. The molecule has 0 amide bonds. The molecule has 0 aliphatic heterocycles. The Hall–Kier alpha value is -2.13. The molecular weight excluding hydrogens is 300 g/mol. The Morgan fingerprint density at radius 1 is 1.05 bits per heavy atom. The van der Waals surface area contributed by atoms with Crippen LogP contribution < -0.4 is 0 Å². The maximum atomic E-state index is 12.4. The molecule has 0 aliphatic rings.